The lowest BCUT2D eigenvalue weighted by molar-refractivity contribution is 0.603. The molecule has 0 unspecified atom stereocenters. The van der Waals surface area contributed by atoms with E-state index in [9.17, 15) is 8.42 Å². The summed E-state index contributed by atoms with van der Waals surface area (Å²) >= 11 is 7.00. The monoisotopic (exact) mass is 394 g/mol. The Bertz CT molecular complexity index is 912. The molecule has 0 radical (unpaired) electrons. The molecule has 25 heavy (non-hydrogen) atoms. The smallest absolute Gasteiger partial charge is 0.272 e. The third kappa shape index (κ3) is 4.91. The lowest BCUT2D eigenvalue weighted by Gasteiger charge is -2.07. The molecule has 0 fully saturated rings. The van der Waals surface area contributed by atoms with Crippen LogP contribution in [0.3, 0.4) is 0 Å². The van der Waals surface area contributed by atoms with E-state index in [1.807, 2.05) is 24.3 Å². The van der Waals surface area contributed by atoms with E-state index >= 15 is 0 Å². The summed E-state index contributed by atoms with van der Waals surface area (Å²) in [4.78, 5) is 0. The van der Waals surface area contributed by atoms with Crippen LogP contribution in [0, 0.1) is 0 Å². The molecule has 0 atom stereocenters. The van der Waals surface area contributed by atoms with Gasteiger partial charge in [0.15, 0.2) is 5.82 Å². The summed E-state index contributed by atoms with van der Waals surface area (Å²) < 4.78 is 26.9. The van der Waals surface area contributed by atoms with Gasteiger partial charge in [-0.05, 0) is 47.7 Å². The molecular weight excluding hydrogens is 380 g/mol. The summed E-state index contributed by atoms with van der Waals surface area (Å²) in [5.74, 6) is 0.754. The highest BCUT2D eigenvalue weighted by Gasteiger charge is 2.15. The molecule has 2 aromatic heterocycles. The fourth-order valence-electron chi connectivity index (χ4n) is 2.07. The molecular formula is C16H15ClN4O2S2. The van der Waals surface area contributed by atoms with Crippen LogP contribution in [0.15, 0.2) is 58.1 Å². The van der Waals surface area contributed by atoms with Gasteiger partial charge in [-0.3, -0.25) is 4.72 Å². The van der Waals surface area contributed by atoms with E-state index in [0.717, 1.165) is 23.3 Å². The first-order chi connectivity index (χ1) is 12.0. The molecule has 0 spiro atoms. The zero-order valence-corrected chi connectivity index (χ0v) is 15.4. The molecule has 0 aliphatic rings. The Kier molecular flexibility index (Phi) is 5.52. The van der Waals surface area contributed by atoms with Gasteiger partial charge in [-0.2, -0.15) is 0 Å². The Hall–Kier alpha value is -2.16. The summed E-state index contributed by atoms with van der Waals surface area (Å²) in [5, 5.41) is 13.4. The fraction of sp³-hybridized carbons (Fsp3) is 0.125. The molecule has 0 bridgehead atoms. The van der Waals surface area contributed by atoms with Crippen molar-refractivity contribution in [3.63, 3.8) is 0 Å². The van der Waals surface area contributed by atoms with Gasteiger partial charge in [0.25, 0.3) is 10.0 Å². The zero-order valence-electron chi connectivity index (χ0n) is 13.0. The van der Waals surface area contributed by atoms with Crippen LogP contribution in [0.5, 0.6) is 0 Å². The molecule has 0 aliphatic heterocycles. The van der Waals surface area contributed by atoms with Crippen molar-refractivity contribution in [2.24, 2.45) is 0 Å². The summed E-state index contributed by atoms with van der Waals surface area (Å²) in [6.45, 7) is 0.677. The number of nitrogens with one attached hydrogen (secondary N) is 2. The SMILES string of the molecule is O=S(=O)(Nc1ccc(NCCc2ccc(Cl)cc2)nn1)c1cccs1. The number of hydrogen-bond acceptors (Lipinski definition) is 6. The number of anilines is 2. The van der Waals surface area contributed by atoms with Crippen molar-refractivity contribution >= 4 is 44.6 Å². The number of aromatic nitrogens is 2. The van der Waals surface area contributed by atoms with Crippen LogP contribution in [0.2, 0.25) is 5.02 Å². The van der Waals surface area contributed by atoms with Crippen molar-refractivity contribution in [3.8, 4) is 0 Å². The first-order valence-electron chi connectivity index (χ1n) is 7.41. The highest BCUT2D eigenvalue weighted by Crippen LogP contribution is 2.19. The Balaban J connectivity index is 1.54. The average Bonchev–Trinajstić information content (AvgIpc) is 3.14. The van der Waals surface area contributed by atoms with E-state index in [4.69, 9.17) is 11.6 Å². The molecule has 3 rings (SSSR count). The quantitative estimate of drug-likeness (QED) is 0.639. The number of hydrogen-bond donors (Lipinski definition) is 2. The molecule has 2 heterocycles. The maximum absolute atomic E-state index is 12.1. The predicted octanol–water partition coefficient (Wildman–Crippen LogP) is 3.65. The van der Waals surface area contributed by atoms with E-state index in [-0.39, 0.29) is 10.0 Å². The summed E-state index contributed by atoms with van der Waals surface area (Å²) in [6.07, 6.45) is 0.811. The topological polar surface area (TPSA) is 84.0 Å². The van der Waals surface area contributed by atoms with Crippen LogP contribution in [0.4, 0.5) is 11.6 Å². The summed E-state index contributed by atoms with van der Waals surface area (Å²) in [6, 6.07) is 14.1. The van der Waals surface area contributed by atoms with E-state index in [1.54, 1.807) is 23.6 Å². The highest BCUT2D eigenvalue weighted by molar-refractivity contribution is 7.94. The van der Waals surface area contributed by atoms with Gasteiger partial charge < -0.3 is 5.32 Å². The Morgan fingerprint density at radius 2 is 1.72 bits per heavy atom. The van der Waals surface area contributed by atoms with Gasteiger partial charge in [0.05, 0.1) is 0 Å². The minimum atomic E-state index is -3.60. The zero-order chi connectivity index (χ0) is 17.7. The Morgan fingerprint density at radius 3 is 2.36 bits per heavy atom. The van der Waals surface area contributed by atoms with E-state index < -0.39 is 10.0 Å². The third-order valence-corrected chi connectivity index (χ3v) is 6.30. The van der Waals surface area contributed by atoms with Crippen LogP contribution in [-0.2, 0) is 16.4 Å². The van der Waals surface area contributed by atoms with Gasteiger partial charge in [0.1, 0.15) is 10.0 Å². The molecule has 0 amide bonds. The average molecular weight is 395 g/mol. The van der Waals surface area contributed by atoms with Crippen LogP contribution in [0.25, 0.3) is 0 Å². The second-order valence-electron chi connectivity index (χ2n) is 5.14. The van der Waals surface area contributed by atoms with Crippen LogP contribution in [0.1, 0.15) is 5.56 Å². The van der Waals surface area contributed by atoms with Gasteiger partial charge in [-0.15, -0.1) is 21.5 Å². The highest BCUT2D eigenvalue weighted by atomic mass is 35.5. The first kappa shape index (κ1) is 17.7. The number of sulfonamides is 1. The minimum Gasteiger partial charge on any atom is -0.368 e. The lowest BCUT2D eigenvalue weighted by atomic mass is 10.1. The molecule has 1 aromatic carbocycles. The summed E-state index contributed by atoms with van der Waals surface area (Å²) in [5.41, 5.74) is 1.16. The number of benzene rings is 1. The van der Waals surface area contributed by atoms with Crippen molar-refractivity contribution in [1.82, 2.24) is 10.2 Å². The standard InChI is InChI=1S/C16H15ClN4O2S2/c17-13-5-3-12(4-6-13)9-10-18-14-7-8-15(20-19-14)21-25(22,23)16-2-1-11-24-16/h1-8,11H,9-10H2,(H,18,19)(H,20,21). The van der Waals surface area contributed by atoms with E-state index in [2.05, 4.69) is 20.2 Å². The molecule has 0 saturated heterocycles. The van der Waals surface area contributed by atoms with Gasteiger partial charge >= 0.3 is 0 Å². The second-order valence-corrected chi connectivity index (χ2v) is 8.44. The fourth-order valence-corrected chi connectivity index (χ4v) is 4.19. The van der Waals surface area contributed by atoms with Crippen molar-refractivity contribution in [2.75, 3.05) is 16.6 Å². The lowest BCUT2D eigenvalue weighted by Crippen LogP contribution is -2.13. The van der Waals surface area contributed by atoms with Crippen molar-refractivity contribution < 1.29 is 8.42 Å². The van der Waals surface area contributed by atoms with Gasteiger partial charge in [0, 0.05) is 11.6 Å². The Labute approximate surface area is 154 Å². The van der Waals surface area contributed by atoms with Crippen LogP contribution >= 0.6 is 22.9 Å². The summed E-state index contributed by atoms with van der Waals surface area (Å²) in [7, 11) is -3.60. The number of thiophene rings is 1. The molecule has 2 N–H and O–H groups in total. The molecule has 6 nitrogen and oxygen atoms in total. The normalized spacial score (nSPS) is 11.2. The predicted molar refractivity (Wildman–Crippen MR) is 101 cm³/mol. The minimum absolute atomic E-state index is 0.177. The van der Waals surface area contributed by atoms with E-state index in [1.165, 1.54) is 6.07 Å². The third-order valence-electron chi connectivity index (χ3n) is 3.30. The Morgan fingerprint density at radius 1 is 1.00 bits per heavy atom. The van der Waals surface area contributed by atoms with Crippen molar-refractivity contribution in [2.45, 2.75) is 10.6 Å². The molecule has 9 heteroatoms. The van der Waals surface area contributed by atoms with Gasteiger partial charge in [-0.1, -0.05) is 29.8 Å². The van der Waals surface area contributed by atoms with Crippen LogP contribution < -0.4 is 10.0 Å². The molecule has 0 aliphatic carbocycles. The number of rotatable bonds is 7. The number of halogens is 1. The molecule has 3 aromatic rings. The van der Waals surface area contributed by atoms with Crippen molar-refractivity contribution in [3.05, 3.63) is 64.5 Å². The van der Waals surface area contributed by atoms with Crippen molar-refractivity contribution in [1.29, 1.82) is 0 Å². The van der Waals surface area contributed by atoms with Gasteiger partial charge in [0.2, 0.25) is 0 Å². The van der Waals surface area contributed by atoms with Gasteiger partial charge in [-0.25, -0.2) is 8.42 Å². The van der Waals surface area contributed by atoms with E-state index in [0.29, 0.717) is 17.4 Å². The maximum Gasteiger partial charge on any atom is 0.272 e. The molecule has 130 valence electrons. The second kappa shape index (κ2) is 7.81. The largest absolute Gasteiger partial charge is 0.368 e. The first-order valence-corrected chi connectivity index (χ1v) is 10.2. The van der Waals surface area contributed by atoms with Crippen LogP contribution in [-0.4, -0.2) is 25.2 Å². The maximum atomic E-state index is 12.1. The number of nitrogens with zero attached hydrogens (tertiary/aromatic N) is 2. The molecule has 0 saturated carbocycles.